The number of benzene rings is 1. The van der Waals surface area contributed by atoms with Crippen molar-refractivity contribution in [2.24, 2.45) is 0 Å². The number of nitrogens with zero attached hydrogens (tertiary/aromatic N) is 1. The van der Waals surface area contributed by atoms with Crippen LogP contribution in [0.15, 0.2) is 18.2 Å². The highest BCUT2D eigenvalue weighted by Crippen LogP contribution is 2.16. The van der Waals surface area contributed by atoms with Crippen LogP contribution in [-0.2, 0) is 6.54 Å². The zero-order chi connectivity index (χ0) is 12.8. The predicted octanol–water partition coefficient (Wildman–Crippen LogP) is 2.16. The van der Waals surface area contributed by atoms with E-state index in [1.165, 1.54) is 31.4 Å². The van der Waals surface area contributed by atoms with E-state index >= 15 is 0 Å². The lowest BCUT2D eigenvalue weighted by molar-refractivity contribution is 0.220. The Bertz CT molecular complexity index is 455. The van der Waals surface area contributed by atoms with Gasteiger partial charge in [-0.1, -0.05) is 24.3 Å². The van der Waals surface area contributed by atoms with Gasteiger partial charge in [0.05, 0.1) is 0 Å². The maximum Gasteiger partial charge on any atom is 0.124 e. The number of likely N-dealkylation sites (tertiary alicyclic amines) is 1. The van der Waals surface area contributed by atoms with Gasteiger partial charge in [-0.25, -0.2) is 4.39 Å². The summed E-state index contributed by atoms with van der Waals surface area (Å²) in [6.07, 6.45) is 3.77. The van der Waals surface area contributed by atoms with Crippen LogP contribution >= 0.6 is 0 Å². The first kappa shape index (κ1) is 13.1. The molecule has 0 aliphatic carbocycles. The molecule has 1 aromatic rings. The van der Waals surface area contributed by atoms with Gasteiger partial charge in [-0.15, -0.1) is 0 Å². The molecule has 96 valence electrons. The molecule has 0 unspecified atom stereocenters. The predicted molar refractivity (Wildman–Crippen MR) is 69.5 cm³/mol. The Hall–Kier alpha value is -1.37. The molecule has 1 saturated heterocycles. The van der Waals surface area contributed by atoms with Gasteiger partial charge >= 0.3 is 0 Å². The van der Waals surface area contributed by atoms with Gasteiger partial charge in [0.25, 0.3) is 0 Å². The third kappa shape index (κ3) is 3.56. The summed E-state index contributed by atoms with van der Waals surface area (Å²) in [7, 11) is 0. The minimum Gasteiger partial charge on any atom is -0.384 e. The maximum atomic E-state index is 13.2. The van der Waals surface area contributed by atoms with Gasteiger partial charge in [0.2, 0.25) is 0 Å². The second-order valence-corrected chi connectivity index (χ2v) is 4.60. The van der Waals surface area contributed by atoms with Crippen LogP contribution < -0.4 is 0 Å². The molecule has 0 amide bonds. The summed E-state index contributed by atoms with van der Waals surface area (Å²) in [6, 6.07) is 4.72. The summed E-state index contributed by atoms with van der Waals surface area (Å²) in [5.41, 5.74) is 1.73. The Labute approximate surface area is 107 Å². The van der Waals surface area contributed by atoms with Crippen LogP contribution in [0.25, 0.3) is 0 Å². The van der Waals surface area contributed by atoms with E-state index in [4.69, 9.17) is 5.11 Å². The van der Waals surface area contributed by atoms with Gasteiger partial charge in [-0.2, -0.15) is 0 Å². The van der Waals surface area contributed by atoms with Crippen LogP contribution in [0.5, 0.6) is 0 Å². The monoisotopic (exact) mass is 247 g/mol. The number of rotatable bonds is 2. The van der Waals surface area contributed by atoms with Gasteiger partial charge in [-0.05, 0) is 43.6 Å². The van der Waals surface area contributed by atoms with Crippen LogP contribution in [0, 0.1) is 17.7 Å². The van der Waals surface area contributed by atoms with Gasteiger partial charge in [0.1, 0.15) is 12.4 Å². The molecule has 0 aromatic heterocycles. The van der Waals surface area contributed by atoms with Crippen molar-refractivity contribution in [2.75, 3.05) is 19.7 Å². The normalized spacial score (nSPS) is 16.1. The highest BCUT2D eigenvalue weighted by molar-refractivity contribution is 5.41. The fourth-order valence-electron chi connectivity index (χ4n) is 2.30. The lowest BCUT2D eigenvalue weighted by Gasteiger charge is -2.26. The fourth-order valence-corrected chi connectivity index (χ4v) is 2.30. The Balaban J connectivity index is 2.15. The van der Waals surface area contributed by atoms with Crippen LogP contribution in [0.1, 0.15) is 30.4 Å². The van der Waals surface area contributed by atoms with E-state index in [2.05, 4.69) is 16.7 Å². The molecular formula is C15H18FNO. The summed E-state index contributed by atoms with van der Waals surface area (Å²) < 4.78 is 13.2. The van der Waals surface area contributed by atoms with E-state index in [-0.39, 0.29) is 12.4 Å². The molecule has 0 saturated carbocycles. The highest BCUT2D eigenvalue weighted by atomic mass is 19.1. The molecule has 0 radical (unpaired) electrons. The SMILES string of the molecule is OCC#Cc1cc(F)ccc1CN1CCCCC1. The quantitative estimate of drug-likeness (QED) is 0.810. The third-order valence-electron chi connectivity index (χ3n) is 3.22. The van der Waals surface area contributed by atoms with Crippen molar-refractivity contribution in [3.05, 3.63) is 35.1 Å². The molecule has 1 heterocycles. The van der Waals surface area contributed by atoms with Crippen molar-refractivity contribution in [1.82, 2.24) is 4.90 Å². The van der Waals surface area contributed by atoms with Crippen molar-refractivity contribution in [2.45, 2.75) is 25.8 Å². The van der Waals surface area contributed by atoms with Crippen LogP contribution in [0.2, 0.25) is 0 Å². The van der Waals surface area contributed by atoms with Crippen molar-refractivity contribution in [3.63, 3.8) is 0 Å². The average molecular weight is 247 g/mol. The van der Waals surface area contributed by atoms with Crippen molar-refractivity contribution in [1.29, 1.82) is 0 Å². The largest absolute Gasteiger partial charge is 0.384 e. The lowest BCUT2D eigenvalue weighted by Crippen LogP contribution is -2.29. The van der Waals surface area contributed by atoms with Gasteiger partial charge in [0, 0.05) is 12.1 Å². The smallest absolute Gasteiger partial charge is 0.124 e. The van der Waals surface area contributed by atoms with Gasteiger partial charge < -0.3 is 5.11 Å². The van der Waals surface area contributed by atoms with Crippen molar-refractivity contribution >= 4 is 0 Å². The van der Waals surface area contributed by atoms with E-state index in [1.807, 2.05) is 0 Å². The molecule has 18 heavy (non-hydrogen) atoms. The Kier molecular flexibility index (Phi) is 4.74. The molecule has 1 aliphatic rings. The lowest BCUT2D eigenvalue weighted by atomic mass is 10.0. The molecule has 2 nitrogen and oxygen atoms in total. The second kappa shape index (κ2) is 6.53. The molecule has 3 heteroatoms. The summed E-state index contributed by atoms with van der Waals surface area (Å²) in [4.78, 5) is 2.38. The number of hydrogen-bond donors (Lipinski definition) is 1. The maximum absolute atomic E-state index is 13.2. The van der Waals surface area contributed by atoms with Crippen molar-refractivity contribution < 1.29 is 9.50 Å². The Morgan fingerprint density at radius 2 is 2.00 bits per heavy atom. The number of halogens is 1. The zero-order valence-corrected chi connectivity index (χ0v) is 10.5. The summed E-state index contributed by atoms with van der Waals surface area (Å²) >= 11 is 0. The Morgan fingerprint density at radius 1 is 1.22 bits per heavy atom. The second-order valence-electron chi connectivity index (χ2n) is 4.60. The highest BCUT2D eigenvalue weighted by Gasteiger charge is 2.12. The molecule has 1 aromatic carbocycles. The number of aliphatic hydroxyl groups is 1. The standard InChI is InChI=1S/C15H18FNO/c16-15-7-6-14(13(11-15)5-4-10-18)12-17-8-2-1-3-9-17/h6-7,11,18H,1-3,8-10,12H2. The topological polar surface area (TPSA) is 23.5 Å². The Morgan fingerprint density at radius 3 is 2.72 bits per heavy atom. The van der Waals surface area contributed by atoms with Gasteiger partial charge in [0.15, 0.2) is 0 Å². The van der Waals surface area contributed by atoms with Crippen molar-refractivity contribution in [3.8, 4) is 11.8 Å². The molecule has 1 N–H and O–H groups in total. The van der Waals surface area contributed by atoms with Crippen LogP contribution in [-0.4, -0.2) is 29.7 Å². The molecule has 2 rings (SSSR count). The first-order chi connectivity index (χ1) is 8.79. The van der Waals surface area contributed by atoms with E-state index in [1.54, 1.807) is 6.07 Å². The minimum atomic E-state index is -0.278. The van der Waals surface area contributed by atoms with Gasteiger partial charge in [-0.3, -0.25) is 4.90 Å². The summed E-state index contributed by atoms with van der Waals surface area (Å²) in [6.45, 7) is 2.82. The zero-order valence-electron chi connectivity index (χ0n) is 10.5. The average Bonchev–Trinajstić information content (AvgIpc) is 2.40. The van der Waals surface area contributed by atoms with E-state index in [0.29, 0.717) is 5.56 Å². The third-order valence-corrected chi connectivity index (χ3v) is 3.22. The van der Waals surface area contributed by atoms with E-state index in [0.717, 1.165) is 25.2 Å². The molecular weight excluding hydrogens is 229 g/mol. The first-order valence-corrected chi connectivity index (χ1v) is 6.40. The molecule has 0 spiro atoms. The minimum absolute atomic E-state index is 0.195. The molecule has 0 bridgehead atoms. The fraction of sp³-hybridized carbons (Fsp3) is 0.467. The summed E-state index contributed by atoms with van der Waals surface area (Å²) in [5, 5.41) is 8.73. The molecule has 0 atom stereocenters. The van der Waals surface area contributed by atoms with Crippen LogP contribution in [0.3, 0.4) is 0 Å². The molecule has 1 fully saturated rings. The number of hydrogen-bond acceptors (Lipinski definition) is 2. The number of piperidine rings is 1. The van der Waals surface area contributed by atoms with E-state index < -0.39 is 0 Å². The first-order valence-electron chi connectivity index (χ1n) is 6.40. The number of aliphatic hydroxyl groups excluding tert-OH is 1. The molecule has 1 aliphatic heterocycles. The summed E-state index contributed by atoms with van der Waals surface area (Å²) in [5.74, 6) is 5.14. The van der Waals surface area contributed by atoms with E-state index in [9.17, 15) is 4.39 Å². The van der Waals surface area contributed by atoms with Crippen LogP contribution in [0.4, 0.5) is 4.39 Å².